The zero-order chi connectivity index (χ0) is 9.07. The number of hydrogen-bond donors (Lipinski definition) is 1. The molecular formula is C9H20OSi. The Morgan fingerprint density at radius 3 is 2.18 bits per heavy atom. The predicted octanol–water partition coefficient (Wildman–Crippen LogP) is 2.58. The van der Waals surface area contributed by atoms with Crippen molar-refractivity contribution >= 4 is 8.07 Å². The van der Waals surface area contributed by atoms with Gasteiger partial charge in [0.25, 0.3) is 0 Å². The third-order valence-corrected chi connectivity index (χ3v) is 4.19. The topological polar surface area (TPSA) is 20.2 Å². The Hall–Kier alpha value is -0.0831. The maximum Gasteiger partial charge on any atom is 0.0750 e. The molecule has 11 heavy (non-hydrogen) atoms. The fourth-order valence-corrected chi connectivity index (χ4v) is 2.09. The van der Waals surface area contributed by atoms with Crippen molar-refractivity contribution < 1.29 is 5.11 Å². The molecule has 0 amide bonds. The normalized spacial score (nSPS) is 14.6. The van der Waals surface area contributed by atoms with E-state index in [-0.39, 0.29) is 6.10 Å². The van der Waals surface area contributed by atoms with E-state index < -0.39 is 8.07 Å². The first kappa shape index (κ1) is 10.9. The molecule has 2 heteroatoms. The summed E-state index contributed by atoms with van der Waals surface area (Å²) < 4.78 is 0. The zero-order valence-corrected chi connectivity index (χ0v) is 9.15. The lowest BCUT2D eigenvalue weighted by molar-refractivity contribution is 0.206. The van der Waals surface area contributed by atoms with Gasteiger partial charge in [-0.05, 0) is 6.42 Å². The van der Waals surface area contributed by atoms with Gasteiger partial charge in [0.1, 0.15) is 0 Å². The van der Waals surface area contributed by atoms with Gasteiger partial charge in [-0.1, -0.05) is 38.2 Å². The molecule has 0 spiro atoms. The summed E-state index contributed by atoms with van der Waals surface area (Å²) in [6.07, 6.45) is 1.64. The van der Waals surface area contributed by atoms with Crippen molar-refractivity contribution in [2.45, 2.75) is 45.5 Å². The van der Waals surface area contributed by atoms with Crippen LogP contribution in [0.15, 0.2) is 11.8 Å². The Morgan fingerprint density at radius 2 is 1.91 bits per heavy atom. The quantitative estimate of drug-likeness (QED) is 0.646. The van der Waals surface area contributed by atoms with Crippen LogP contribution in [0.2, 0.25) is 19.6 Å². The van der Waals surface area contributed by atoms with Crippen LogP contribution in [0.3, 0.4) is 0 Å². The summed E-state index contributed by atoms with van der Waals surface area (Å²) in [6.45, 7) is 12.7. The molecule has 0 aromatic heterocycles. The summed E-state index contributed by atoms with van der Waals surface area (Å²) in [5.41, 5.74) is 0. The first-order valence-corrected chi connectivity index (χ1v) is 7.77. The molecule has 0 unspecified atom stereocenters. The van der Waals surface area contributed by atoms with E-state index >= 15 is 0 Å². The number of aliphatic hydroxyl groups is 1. The van der Waals surface area contributed by atoms with Gasteiger partial charge in [-0.25, -0.2) is 0 Å². The Balaban J connectivity index is 4.03. The lowest BCUT2D eigenvalue weighted by Gasteiger charge is -2.24. The van der Waals surface area contributed by atoms with Crippen LogP contribution in [0, 0.1) is 0 Å². The molecule has 0 saturated heterocycles. The van der Waals surface area contributed by atoms with Gasteiger partial charge in [0, 0.05) is 0 Å². The van der Waals surface area contributed by atoms with Crippen molar-refractivity contribution in [1.29, 1.82) is 0 Å². The number of rotatable bonds is 4. The highest BCUT2D eigenvalue weighted by atomic mass is 28.3. The van der Waals surface area contributed by atoms with Gasteiger partial charge in [0.05, 0.1) is 14.2 Å². The first-order valence-electron chi connectivity index (χ1n) is 4.27. The summed E-state index contributed by atoms with van der Waals surface area (Å²) in [5, 5.41) is 10.7. The summed E-state index contributed by atoms with van der Waals surface area (Å²) in [7, 11) is -1.31. The maximum absolute atomic E-state index is 9.59. The van der Waals surface area contributed by atoms with E-state index in [1.54, 1.807) is 0 Å². The first-order chi connectivity index (χ1) is 4.89. The predicted molar refractivity (Wildman–Crippen MR) is 53.4 cm³/mol. The minimum Gasteiger partial charge on any atom is -0.389 e. The van der Waals surface area contributed by atoms with Gasteiger partial charge in [-0.2, -0.15) is 0 Å². The van der Waals surface area contributed by atoms with Crippen LogP contribution >= 0.6 is 0 Å². The Kier molecular flexibility index (Phi) is 4.04. The second kappa shape index (κ2) is 4.07. The van der Waals surface area contributed by atoms with Crippen LogP contribution < -0.4 is 0 Å². The summed E-state index contributed by atoms with van der Waals surface area (Å²) >= 11 is 0. The van der Waals surface area contributed by atoms with Crippen LogP contribution in [0.25, 0.3) is 0 Å². The molecule has 0 aliphatic heterocycles. The highest BCUT2D eigenvalue weighted by Gasteiger charge is 2.22. The van der Waals surface area contributed by atoms with Gasteiger partial charge in [-0.15, -0.1) is 6.58 Å². The van der Waals surface area contributed by atoms with Gasteiger partial charge in [0.15, 0.2) is 0 Å². The Labute approximate surface area is 71.1 Å². The molecule has 1 N–H and O–H groups in total. The summed E-state index contributed by atoms with van der Waals surface area (Å²) in [5.74, 6) is 0. The van der Waals surface area contributed by atoms with E-state index in [0.717, 1.165) is 18.0 Å². The molecule has 66 valence electrons. The minimum absolute atomic E-state index is 0.258. The van der Waals surface area contributed by atoms with E-state index in [1.165, 1.54) is 0 Å². The monoisotopic (exact) mass is 172 g/mol. The summed E-state index contributed by atoms with van der Waals surface area (Å²) in [4.78, 5) is 0. The van der Waals surface area contributed by atoms with Gasteiger partial charge in [0.2, 0.25) is 0 Å². The molecule has 0 aromatic rings. The van der Waals surface area contributed by atoms with Gasteiger partial charge < -0.3 is 5.11 Å². The molecule has 0 aliphatic rings. The van der Waals surface area contributed by atoms with Crippen molar-refractivity contribution in [3.05, 3.63) is 11.8 Å². The molecule has 0 radical (unpaired) electrons. The van der Waals surface area contributed by atoms with Crippen LogP contribution in [0.5, 0.6) is 0 Å². The van der Waals surface area contributed by atoms with E-state index in [0.29, 0.717) is 0 Å². The minimum atomic E-state index is -1.31. The standard InChI is InChI=1S/C9H20OSi/c1-6-7-9(10)8(2)11(3,4)5/h9-10H,2,6-7H2,1,3-5H3/t9-/m0/s1. The third-order valence-electron chi connectivity index (χ3n) is 1.93. The molecule has 0 saturated carbocycles. The van der Waals surface area contributed by atoms with E-state index in [1.807, 2.05) is 0 Å². The van der Waals surface area contributed by atoms with Crippen molar-refractivity contribution in [3.8, 4) is 0 Å². The molecule has 0 aliphatic carbocycles. The van der Waals surface area contributed by atoms with Crippen molar-refractivity contribution in [2.24, 2.45) is 0 Å². The van der Waals surface area contributed by atoms with Crippen LogP contribution in [-0.4, -0.2) is 19.3 Å². The average molecular weight is 172 g/mol. The number of hydrogen-bond acceptors (Lipinski definition) is 1. The lowest BCUT2D eigenvalue weighted by atomic mass is 10.2. The zero-order valence-electron chi connectivity index (χ0n) is 8.15. The van der Waals surface area contributed by atoms with Gasteiger partial charge >= 0.3 is 0 Å². The highest BCUT2D eigenvalue weighted by molar-refractivity contribution is 6.83. The van der Waals surface area contributed by atoms with E-state index in [9.17, 15) is 5.11 Å². The largest absolute Gasteiger partial charge is 0.389 e. The van der Waals surface area contributed by atoms with E-state index in [4.69, 9.17) is 0 Å². The van der Waals surface area contributed by atoms with E-state index in [2.05, 4.69) is 33.1 Å². The second-order valence-corrected chi connectivity index (χ2v) is 9.22. The fourth-order valence-electron chi connectivity index (χ4n) is 0.948. The van der Waals surface area contributed by atoms with Crippen LogP contribution in [0.4, 0.5) is 0 Å². The summed E-state index contributed by atoms with van der Waals surface area (Å²) in [6, 6.07) is 0. The third kappa shape index (κ3) is 3.73. The highest BCUT2D eigenvalue weighted by Crippen LogP contribution is 2.18. The smallest absolute Gasteiger partial charge is 0.0750 e. The molecule has 1 atom stereocenters. The fraction of sp³-hybridized carbons (Fsp3) is 0.778. The van der Waals surface area contributed by atoms with Crippen molar-refractivity contribution in [3.63, 3.8) is 0 Å². The molecule has 0 aromatic carbocycles. The molecule has 1 nitrogen and oxygen atoms in total. The average Bonchev–Trinajstić information content (AvgIpc) is 1.85. The molecule has 0 heterocycles. The number of aliphatic hydroxyl groups excluding tert-OH is 1. The Bertz CT molecular complexity index is 135. The van der Waals surface area contributed by atoms with Crippen LogP contribution in [0.1, 0.15) is 19.8 Å². The SMILES string of the molecule is C=C([C@@H](O)CCC)[Si](C)(C)C. The molecule has 0 fully saturated rings. The van der Waals surface area contributed by atoms with Crippen molar-refractivity contribution in [2.75, 3.05) is 0 Å². The second-order valence-electron chi connectivity index (χ2n) is 4.08. The molecule has 0 rings (SSSR count). The Morgan fingerprint density at radius 1 is 1.45 bits per heavy atom. The van der Waals surface area contributed by atoms with Gasteiger partial charge in [-0.3, -0.25) is 0 Å². The molecular weight excluding hydrogens is 152 g/mol. The molecule has 0 bridgehead atoms. The maximum atomic E-state index is 9.59. The lowest BCUT2D eigenvalue weighted by Crippen LogP contribution is -2.31. The van der Waals surface area contributed by atoms with Crippen molar-refractivity contribution in [1.82, 2.24) is 0 Å². The van der Waals surface area contributed by atoms with Crippen LogP contribution in [-0.2, 0) is 0 Å².